The van der Waals surface area contributed by atoms with Crippen LogP contribution in [-0.2, 0) is 11.3 Å². The van der Waals surface area contributed by atoms with E-state index in [4.69, 9.17) is 0 Å². The minimum atomic E-state index is -0.424. The van der Waals surface area contributed by atoms with E-state index in [1.165, 1.54) is 12.1 Å². The van der Waals surface area contributed by atoms with Gasteiger partial charge in [-0.25, -0.2) is 4.99 Å². The Morgan fingerprint density at radius 2 is 1.89 bits per heavy atom. The van der Waals surface area contributed by atoms with E-state index < -0.39 is 4.92 Å². The Kier molecular flexibility index (Phi) is 8.71. The molecule has 0 unspecified atom stereocenters. The van der Waals surface area contributed by atoms with Crippen molar-refractivity contribution < 1.29 is 9.72 Å². The van der Waals surface area contributed by atoms with E-state index in [2.05, 4.69) is 22.5 Å². The summed E-state index contributed by atoms with van der Waals surface area (Å²) in [4.78, 5) is 28.8. The van der Waals surface area contributed by atoms with Gasteiger partial charge in [0.2, 0.25) is 5.91 Å². The lowest BCUT2D eigenvalue weighted by Crippen LogP contribution is -2.48. The summed E-state index contributed by atoms with van der Waals surface area (Å²) in [6.45, 7) is 9.25. The fraction of sp³-hybridized carbons (Fsp3) is 0.579. The molecule has 0 aliphatic carbocycles. The van der Waals surface area contributed by atoms with Gasteiger partial charge in [0.05, 0.1) is 18.0 Å². The number of aliphatic imine (C=N–C) groups is 1. The van der Waals surface area contributed by atoms with E-state index in [0.717, 1.165) is 24.9 Å². The van der Waals surface area contributed by atoms with Gasteiger partial charge in [-0.3, -0.25) is 14.9 Å². The largest absolute Gasteiger partial charge is 0.356 e. The summed E-state index contributed by atoms with van der Waals surface area (Å²) >= 11 is 0. The topological polar surface area (TPSA) is 99.9 Å². The number of guanidine groups is 1. The van der Waals surface area contributed by atoms with Gasteiger partial charge in [0.25, 0.3) is 5.69 Å². The fourth-order valence-corrected chi connectivity index (χ4v) is 2.33. The minimum absolute atomic E-state index is 0.0555. The maximum Gasteiger partial charge on any atom is 0.269 e. The molecule has 0 aliphatic rings. The maximum absolute atomic E-state index is 12.2. The van der Waals surface area contributed by atoms with E-state index in [9.17, 15) is 14.9 Å². The third-order valence-electron chi connectivity index (χ3n) is 3.63. The zero-order valence-electron chi connectivity index (χ0n) is 16.9. The molecule has 0 atom stereocenters. The summed E-state index contributed by atoms with van der Waals surface area (Å²) in [7, 11) is 1.82. The quantitative estimate of drug-likeness (QED) is 0.238. The van der Waals surface area contributed by atoms with E-state index >= 15 is 0 Å². The van der Waals surface area contributed by atoms with Gasteiger partial charge in [-0.1, -0.05) is 25.5 Å². The first-order chi connectivity index (χ1) is 12.6. The Balaban J connectivity index is 2.80. The molecule has 8 nitrogen and oxygen atoms in total. The van der Waals surface area contributed by atoms with Crippen molar-refractivity contribution in [2.45, 2.75) is 52.6 Å². The normalized spacial score (nSPS) is 11.8. The van der Waals surface area contributed by atoms with Gasteiger partial charge in [0.15, 0.2) is 5.96 Å². The first-order valence-corrected chi connectivity index (χ1v) is 9.16. The molecule has 27 heavy (non-hydrogen) atoms. The predicted molar refractivity (Wildman–Crippen MR) is 108 cm³/mol. The Morgan fingerprint density at radius 3 is 2.41 bits per heavy atom. The van der Waals surface area contributed by atoms with Gasteiger partial charge >= 0.3 is 0 Å². The zero-order chi connectivity index (χ0) is 20.4. The molecule has 150 valence electrons. The molecule has 1 aromatic carbocycles. The Labute approximate surface area is 161 Å². The van der Waals surface area contributed by atoms with Crippen LogP contribution in [0.4, 0.5) is 5.69 Å². The molecule has 0 aliphatic heterocycles. The molecule has 0 aromatic heterocycles. The number of hydrogen-bond donors (Lipinski definition) is 2. The number of unbranched alkanes of at least 4 members (excludes halogenated alkanes) is 1. The van der Waals surface area contributed by atoms with Crippen molar-refractivity contribution in [3.63, 3.8) is 0 Å². The molecule has 2 N–H and O–H groups in total. The number of nitrogens with zero attached hydrogens (tertiary/aromatic N) is 3. The van der Waals surface area contributed by atoms with Crippen LogP contribution in [-0.4, -0.2) is 47.4 Å². The molecule has 0 radical (unpaired) electrons. The first kappa shape index (κ1) is 22.4. The van der Waals surface area contributed by atoms with Gasteiger partial charge in [-0.05, 0) is 32.8 Å². The van der Waals surface area contributed by atoms with E-state index in [0.29, 0.717) is 12.5 Å². The number of nitro groups is 1. The van der Waals surface area contributed by atoms with Crippen LogP contribution in [0.15, 0.2) is 29.3 Å². The Hall–Kier alpha value is -2.64. The number of carbonyl (C=O) groups excluding carboxylic acids is 1. The molecule has 0 fully saturated rings. The summed E-state index contributed by atoms with van der Waals surface area (Å²) in [6.07, 6.45) is 2.05. The van der Waals surface area contributed by atoms with Crippen molar-refractivity contribution in [3.05, 3.63) is 39.9 Å². The van der Waals surface area contributed by atoms with E-state index in [-0.39, 0.29) is 23.7 Å². The summed E-state index contributed by atoms with van der Waals surface area (Å²) in [5.74, 6) is 0.552. The van der Waals surface area contributed by atoms with Crippen LogP contribution in [0.3, 0.4) is 0 Å². The molecular formula is C19H31N5O3. The molecule has 0 saturated heterocycles. The number of non-ortho nitro benzene ring substituents is 1. The number of hydrogen-bond acceptors (Lipinski definition) is 4. The fourth-order valence-electron chi connectivity index (χ4n) is 2.33. The standard InChI is InChI=1S/C19H31N5O3/c1-6-7-12-20-18(23(5)14-17(25)22-19(2,3)4)21-13-15-8-10-16(11-9-15)24(26)27/h8-11H,6-7,12-14H2,1-5H3,(H,20,21)(H,22,25). The van der Waals surface area contributed by atoms with Crippen LogP contribution in [0.2, 0.25) is 0 Å². The number of carbonyl (C=O) groups is 1. The summed E-state index contributed by atoms with van der Waals surface area (Å²) in [5.41, 5.74) is 0.631. The minimum Gasteiger partial charge on any atom is -0.356 e. The average molecular weight is 377 g/mol. The third kappa shape index (κ3) is 9.03. The summed E-state index contributed by atoms with van der Waals surface area (Å²) in [6, 6.07) is 6.32. The molecular weight excluding hydrogens is 346 g/mol. The molecule has 0 bridgehead atoms. The highest BCUT2D eigenvalue weighted by atomic mass is 16.6. The number of nitrogens with one attached hydrogen (secondary N) is 2. The Bertz CT molecular complexity index is 650. The second kappa shape index (κ2) is 10.5. The lowest BCUT2D eigenvalue weighted by Gasteiger charge is -2.25. The monoisotopic (exact) mass is 377 g/mol. The second-order valence-corrected chi connectivity index (χ2v) is 7.50. The van der Waals surface area contributed by atoms with Crippen molar-refractivity contribution in [2.24, 2.45) is 4.99 Å². The first-order valence-electron chi connectivity index (χ1n) is 9.16. The number of benzene rings is 1. The highest BCUT2D eigenvalue weighted by molar-refractivity contribution is 5.86. The maximum atomic E-state index is 12.2. The van der Waals surface area contributed by atoms with Crippen LogP contribution in [0.5, 0.6) is 0 Å². The lowest BCUT2D eigenvalue weighted by molar-refractivity contribution is -0.384. The van der Waals surface area contributed by atoms with Gasteiger partial charge in [0, 0.05) is 31.3 Å². The van der Waals surface area contributed by atoms with E-state index in [1.54, 1.807) is 17.0 Å². The number of rotatable bonds is 8. The third-order valence-corrected chi connectivity index (χ3v) is 3.63. The number of amides is 1. The second-order valence-electron chi connectivity index (χ2n) is 7.50. The van der Waals surface area contributed by atoms with Crippen molar-refractivity contribution in [1.82, 2.24) is 15.5 Å². The molecule has 1 aromatic rings. The molecule has 0 heterocycles. The highest BCUT2D eigenvalue weighted by Gasteiger charge is 2.17. The highest BCUT2D eigenvalue weighted by Crippen LogP contribution is 2.12. The molecule has 0 saturated carbocycles. The van der Waals surface area contributed by atoms with Gasteiger partial charge in [0.1, 0.15) is 0 Å². The van der Waals surface area contributed by atoms with Crippen LogP contribution >= 0.6 is 0 Å². The van der Waals surface area contributed by atoms with Crippen molar-refractivity contribution in [3.8, 4) is 0 Å². The van der Waals surface area contributed by atoms with Crippen molar-refractivity contribution >= 4 is 17.6 Å². The molecule has 1 rings (SSSR count). The van der Waals surface area contributed by atoms with Gasteiger partial charge in [-0.2, -0.15) is 0 Å². The zero-order valence-corrected chi connectivity index (χ0v) is 16.9. The van der Waals surface area contributed by atoms with Crippen molar-refractivity contribution in [1.29, 1.82) is 0 Å². The summed E-state index contributed by atoms with van der Waals surface area (Å²) in [5, 5.41) is 17.0. The summed E-state index contributed by atoms with van der Waals surface area (Å²) < 4.78 is 0. The van der Waals surface area contributed by atoms with E-state index in [1.807, 2.05) is 27.8 Å². The molecule has 1 amide bonds. The van der Waals surface area contributed by atoms with Crippen LogP contribution < -0.4 is 10.6 Å². The van der Waals surface area contributed by atoms with Crippen LogP contribution in [0.1, 0.15) is 46.1 Å². The smallest absolute Gasteiger partial charge is 0.269 e. The SMILES string of the molecule is CCCCNC(=NCc1ccc([N+](=O)[O-])cc1)N(C)CC(=O)NC(C)(C)C. The Morgan fingerprint density at radius 1 is 1.26 bits per heavy atom. The van der Waals surface area contributed by atoms with Gasteiger partial charge in [-0.15, -0.1) is 0 Å². The number of nitro benzene ring substituents is 1. The van der Waals surface area contributed by atoms with Crippen LogP contribution in [0, 0.1) is 10.1 Å². The van der Waals surface area contributed by atoms with Gasteiger partial charge < -0.3 is 15.5 Å². The lowest BCUT2D eigenvalue weighted by atomic mass is 10.1. The average Bonchev–Trinajstić information content (AvgIpc) is 2.56. The van der Waals surface area contributed by atoms with Crippen LogP contribution in [0.25, 0.3) is 0 Å². The predicted octanol–water partition coefficient (Wildman–Crippen LogP) is 2.69. The van der Waals surface area contributed by atoms with Crippen molar-refractivity contribution in [2.75, 3.05) is 20.1 Å². The molecule has 0 spiro atoms. The molecule has 8 heteroatoms. The number of likely N-dealkylation sites (N-methyl/N-ethyl adjacent to an activating group) is 1.